The highest BCUT2D eigenvalue weighted by Crippen LogP contribution is 2.03. The second-order valence-corrected chi connectivity index (χ2v) is 2.42. The first-order valence-corrected chi connectivity index (χ1v) is 2.40. The minimum Gasteiger partial charge on any atom is -0.361 e. The Bertz CT molecular complexity index is 46.5. The Labute approximate surface area is 44.7 Å². The normalized spacial score (nSPS) is 12.0. The first kappa shape index (κ1) is 6.92. The van der Waals surface area contributed by atoms with Crippen molar-refractivity contribution in [1.82, 2.24) is 0 Å². The monoisotopic (exact) mass is 103 g/mol. The Balaban J connectivity index is 3.15. The van der Waals surface area contributed by atoms with Gasteiger partial charge in [-0.2, -0.15) is 0 Å². The lowest BCUT2D eigenvalue weighted by Gasteiger charge is -2.16. The summed E-state index contributed by atoms with van der Waals surface area (Å²) in [5.41, 5.74) is 5.02. The van der Waals surface area contributed by atoms with Gasteiger partial charge in [-0.15, -0.1) is 0 Å². The SMILES string of the molecule is CC(C)(C)OCN. The fraction of sp³-hybridized carbons (Fsp3) is 1.00. The Kier molecular flexibility index (Phi) is 2.26. The van der Waals surface area contributed by atoms with Crippen LogP contribution in [0.25, 0.3) is 0 Å². The maximum absolute atomic E-state index is 5.09. The minimum atomic E-state index is -0.0747. The zero-order valence-corrected chi connectivity index (χ0v) is 5.19. The fourth-order valence-corrected chi connectivity index (χ4v) is 0.250. The number of nitrogens with two attached hydrogens (primary N) is 1. The van der Waals surface area contributed by atoms with Crippen molar-refractivity contribution in [2.45, 2.75) is 26.4 Å². The third-order valence-electron chi connectivity index (χ3n) is 0.516. The van der Waals surface area contributed by atoms with E-state index in [9.17, 15) is 0 Å². The highest BCUT2D eigenvalue weighted by Gasteiger charge is 2.06. The molecule has 0 rings (SSSR count). The number of rotatable bonds is 1. The van der Waals surface area contributed by atoms with Gasteiger partial charge in [0.1, 0.15) is 0 Å². The third-order valence-corrected chi connectivity index (χ3v) is 0.516. The molecule has 0 fully saturated rings. The zero-order valence-electron chi connectivity index (χ0n) is 5.19. The van der Waals surface area contributed by atoms with Gasteiger partial charge in [0.15, 0.2) is 0 Å². The topological polar surface area (TPSA) is 35.2 Å². The van der Waals surface area contributed by atoms with Crippen LogP contribution in [-0.2, 0) is 4.74 Å². The Morgan fingerprint density at radius 3 is 1.86 bits per heavy atom. The molecule has 0 spiro atoms. The van der Waals surface area contributed by atoms with Gasteiger partial charge >= 0.3 is 0 Å². The molecule has 2 nitrogen and oxygen atoms in total. The molecule has 7 heavy (non-hydrogen) atoms. The maximum atomic E-state index is 5.09. The Morgan fingerprint density at radius 2 is 1.86 bits per heavy atom. The van der Waals surface area contributed by atoms with E-state index in [1.54, 1.807) is 0 Å². The van der Waals surface area contributed by atoms with Crippen molar-refractivity contribution in [3.63, 3.8) is 0 Å². The molecule has 0 saturated heterocycles. The molecule has 0 atom stereocenters. The van der Waals surface area contributed by atoms with Gasteiger partial charge in [0.2, 0.25) is 0 Å². The van der Waals surface area contributed by atoms with Crippen LogP contribution in [0.4, 0.5) is 0 Å². The molecule has 0 aromatic rings. The summed E-state index contributed by atoms with van der Waals surface area (Å²) in [4.78, 5) is 0. The first-order chi connectivity index (χ1) is 3.06. The van der Waals surface area contributed by atoms with Gasteiger partial charge in [-0.25, -0.2) is 0 Å². The summed E-state index contributed by atoms with van der Waals surface area (Å²) in [6.07, 6.45) is 0. The second-order valence-electron chi connectivity index (χ2n) is 2.42. The molecule has 0 heterocycles. The van der Waals surface area contributed by atoms with E-state index in [2.05, 4.69) is 0 Å². The van der Waals surface area contributed by atoms with E-state index in [4.69, 9.17) is 10.5 Å². The van der Waals surface area contributed by atoms with Crippen LogP contribution >= 0.6 is 0 Å². The summed E-state index contributed by atoms with van der Waals surface area (Å²) in [6.45, 7) is 6.23. The van der Waals surface area contributed by atoms with E-state index in [0.717, 1.165) is 0 Å². The molecule has 0 saturated carbocycles. The molecule has 0 aromatic carbocycles. The summed E-state index contributed by atoms with van der Waals surface area (Å²) < 4.78 is 5.01. The number of hydrogen-bond donors (Lipinski definition) is 1. The van der Waals surface area contributed by atoms with E-state index < -0.39 is 0 Å². The molecular formula is C5H13NO. The largest absolute Gasteiger partial charge is 0.361 e. The highest BCUT2D eigenvalue weighted by molar-refractivity contribution is 4.56. The van der Waals surface area contributed by atoms with Gasteiger partial charge in [0.25, 0.3) is 0 Å². The van der Waals surface area contributed by atoms with Crippen LogP contribution in [0.15, 0.2) is 0 Å². The third kappa shape index (κ3) is 5.92. The Morgan fingerprint density at radius 1 is 1.43 bits per heavy atom. The molecule has 0 amide bonds. The number of ether oxygens (including phenoxy) is 1. The highest BCUT2D eigenvalue weighted by atomic mass is 16.5. The fourth-order valence-electron chi connectivity index (χ4n) is 0.250. The molecule has 0 radical (unpaired) electrons. The molecule has 0 unspecified atom stereocenters. The van der Waals surface area contributed by atoms with Crippen molar-refractivity contribution in [3.05, 3.63) is 0 Å². The minimum absolute atomic E-state index is 0.0747. The van der Waals surface area contributed by atoms with Crippen molar-refractivity contribution in [2.24, 2.45) is 5.73 Å². The predicted molar refractivity (Wildman–Crippen MR) is 29.9 cm³/mol. The quantitative estimate of drug-likeness (QED) is 0.496. The molecule has 0 aliphatic heterocycles. The van der Waals surface area contributed by atoms with E-state index in [1.807, 2.05) is 20.8 Å². The lowest BCUT2D eigenvalue weighted by molar-refractivity contribution is 0.00108. The van der Waals surface area contributed by atoms with Crippen molar-refractivity contribution in [1.29, 1.82) is 0 Å². The first-order valence-electron chi connectivity index (χ1n) is 2.40. The van der Waals surface area contributed by atoms with E-state index >= 15 is 0 Å². The van der Waals surface area contributed by atoms with Gasteiger partial charge in [-0.1, -0.05) is 0 Å². The maximum Gasteiger partial charge on any atom is 0.0947 e. The summed E-state index contributed by atoms with van der Waals surface area (Å²) in [6, 6.07) is 0. The van der Waals surface area contributed by atoms with Crippen molar-refractivity contribution in [2.75, 3.05) is 6.73 Å². The molecule has 0 bridgehead atoms. The lowest BCUT2D eigenvalue weighted by atomic mass is 10.2. The molecule has 2 heteroatoms. The van der Waals surface area contributed by atoms with Gasteiger partial charge in [-0.05, 0) is 20.8 Å². The van der Waals surface area contributed by atoms with E-state index in [0.29, 0.717) is 6.73 Å². The van der Waals surface area contributed by atoms with Gasteiger partial charge in [0, 0.05) is 0 Å². The van der Waals surface area contributed by atoms with Gasteiger partial charge in [0.05, 0.1) is 12.3 Å². The smallest absolute Gasteiger partial charge is 0.0947 e. The zero-order chi connectivity index (χ0) is 5.91. The second kappa shape index (κ2) is 2.28. The van der Waals surface area contributed by atoms with Gasteiger partial charge in [-0.3, -0.25) is 0 Å². The summed E-state index contributed by atoms with van der Waals surface area (Å²) in [5.74, 6) is 0. The molecule has 2 N–H and O–H groups in total. The molecular weight excluding hydrogens is 90.1 g/mol. The standard InChI is InChI=1S/C5H13NO/c1-5(2,3)7-4-6/h4,6H2,1-3H3. The van der Waals surface area contributed by atoms with Crippen LogP contribution in [0.3, 0.4) is 0 Å². The summed E-state index contributed by atoms with van der Waals surface area (Å²) in [7, 11) is 0. The molecule has 0 aromatic heterocycles. The van der Waals surface area contributed by atoms with Crippen molar-refractivity contribution in [3.8, 4) is 0 Å². The average molecular weight is 103 g/mol. The lowest BCUT2D eigenvalue weighted by Crippen LogP contribution is -2.23. The van der Waals surface area contributed by atoms with Gasteiger partial charge < -0.3 is 10.5 Å². The Hall–Kier alpha value is -0.0800. The van der Waals surface area contributed by atoms with Crippen LogP contribution < -0.4 is 5.73 Å². The molecule has 0 aliphatic rings. The predicted octanol–water partition coefficient (Wildman–Crippen LogP) is 0.718. The van der Waals surface area contributed by atoms with Crippen LogP contribution in [0.2, 0.25) is 0 Å². The van der Waals surface area contributed by atoms with Crippen molar-refractivity contribution < 1.29 is 4.74 Å². The van der Waals surface area contributed by atoms with E-state index in [1.165, 1.54) is 0 Å². The molecule has 0 aliphatic carbocycles. The number of hydrogen-bond acceptors (Lipinski definition) is 2. The average Bonchev–Trinajstić information content (AvgIpc) is 1.30. The van der Waals surface area contributed by atoms with Crippen molar-refractivity contribution >= 4 is 0 Å². The molecule has 44 valence electrons. The van der Waals surface area contributed by atoms with Crippen LogP contribution in [-0.4, -0.2) is 12.3 Å². The van der Waals surface area contributed by atoms with E-state index in [-0.39, 0.29) is 5.60 Å². The van der Waals surface area contributed by atoms with Crippen LogP contribution in [0.1, 0.15) is 20.8 Å². The van der Waals surface area contributed by atoms with Crippen LogP contribution in [0, 0.1) is 0 Å². The van der Waals surface area contributed by atoms with Crippen LogP contribution in [0.5, 0.6) is 0 Å². The summed E-state index contributed by atoms with van der Waals surface area (Å²) in [5, 5.41) is 0. The summed E-state index contributed by atoms with van der Waals surface area (Å²) >= 11 is 0.